The van der Waals surface area contributed by atoms with Gasteiger partial charge in [0, 0.05) is 49.2 Å². The van der Waals surface area contributed by atoms with Crippen molar-refractivity contribution in [3.05, 3.63) is 52.5 Å². The van der Waals surface area contributed by atoms with Crippen LogP contribution in [-0.4, -0.2) is 80.0 Å². The van der Waals surface area contributed by atoms with Crippen molar-refractivity contribution >= 4 is 53.6 Å². The van der Waals surface area contributed by atoms with Crippen LogP contribution in [0.4, 0.5) is 11.4 Å². The number of hydrogen-bond donors (Lipinski definition) is 2. The molecule has 36 heavy (non-hydrogen) atoms. The molecule has 3 fully saturated rings. The van der Waals surface area contributed by atoms with Crippen molar-refractivity contribution in [1.29, 1.82) is 0 Å². The van der Waals surface area contributed by atoms with E-state index < -0.39 is 0 Å². The minimum absolute atomic E-state index is 0.248. The van der Waals surface area contributed by atoms with Gasteiger partial charge in [-0.25, -0.2) is 0 Å². The molecular weight excluding hydrogens is 485 g/mol. The van der Waals surface area contributed by atoms with Crippen molar-refractivity contribution in [2.24, 2.45) is 5.92 Å². The molecule has 0 bridgehead atoms. The number of likely N-dealkylation sites (N-methyl/N-ethyl adjacent to an activating group) is 1. The third-order valence-corrected chi connectivity index (χ3v) is 9.39. The summed E-state index contributed by atoms with van der Waals surface area (Å²) in [4.78, 5) is 7.43. The number of rotatable bonds is 7. The summed E-state index contributed by atoms with van der Waals surface area (Å²) in [5, 5.41) is 4.90. The van der Waals surface area contributed by atoms with Crippen molar-refractivity contribution in [2.45, 2.75) is 44.1 Å². The Bertz CT molecular complexity index is 1120. The molecule has 2 radical (unpaired) electrons. The first kappa shape index (κ1) is 25.8. The van der Waals surface area contributed by atoms with Gasteiger partial charge in [-0.15, -0.1) is 0 Å². The Morgan fingerprint density at radius 3 is 2.75 bits per heavy atom. The number of benzene rings is 2. The summed E-state index contributed by atoms with van der Waals surface area (Å²) in [5.74, 6) is 0.599. The number of nitrogens with one attached hydrogen (secondary N) is 1. The standard InChI is InChI=1S/C28H37BClN5S/c1-19-15-24(31)25(17-23(19)30)32-27(36)35(10-4-9-34-13-11-33(2)12-14-34)26-7-8-28(18-22(26)28)20-5-3-6-21(29)16-20/h3,5-6,15-17,22,26H,4,7-14,18,31H2,1-2H3,(H,32,36)/t22?,26?,28-/m1/s1. The number of nitrogen functional groups attached to an aromatic ring is 1. The molecule has 1 heterocycles. The summed E-state index contributed by atoms with van der Waals surface area (Å²) in [6.07, 6.45) is 4.61. The number of piperazine rings is 1. The number of anilines is 2. The van der Waals surface area contributed by atoms with Crippen LogP contribution in [0.3, 0.4) is 0 Å². The van der Waals surface area contributed by atoms with Crippen LogP contribution >= 0.6 is 23.8 Å². The highest BCUT2D eigenvalue weighted by Gasteiger charge is 2.63. The Kier molecular flexibility index (Phi) is 7.55. The first-order chi connectivity index (χ1) is 17.3. The molecule has 2 aromatic rings. The molecule has 1 aliphatic heterocycles. The highest BCUT2D eigenvalue weighted by molar-refractivity contribution is 7.80. The molecular formula is C28H37BClN5S. The van der Waals surface area contributed by atoms with Crippen molar-refractivity contribution in [1.82, 2.24) is 14.7 Å². The predicted molar refractivity (Wildman–Crippen MR) is 157 cm³/mol. The Hall–Kier alpha value is -1.80. The number of thiocarbonyl (C=S) groups is 1. The van der Waals surface area contributed by atoms with Crippen LogP contribution < -0.4 is 16.5 Å². The van der Waals surface area contributed by atoms with Gasteiger partial charge in [-0.3, -0.25) is 0 Å². The zero-order chi connectivity index (χ0) is 25.4. The van der Waals surface area contributed by atoms with E-state index in [1.165, 1.54) is 18.4 Å². The van der Waals surface area contributed by atoms with Crippen LogP contribution in [0.15, 0.2) is 36.4 Å². The van der Waals surface area contributed by atoms with Crippen molar-refractivity contribution in [3.8, 4) is 0 Å². The maximum absolute atomic E-state index is 6.41. The number of halogens is 1. The smallest absolute Gasteiger partial charge is 0.173 e. The molecule has 3 N–H and O–H groups in total. The molecule has 0 spiro atoms. The maximum atomic E-state index is 6.41. The zero-order valence-corrected chi connectivity index (χ0v) is 23.0. The molecule has 2 aliphatic carbocycles. The number of hydrogen-bond acceptors (Lipinski definition) is 4. The Morgan fingerprint density at radius 1 is 1.25 bits per heavy atom. The lowest BCUT2D eigenvalue weighted by Gasteiger charge is -2.35. The second kappa shape index (κ2) is 10.5. The summed E-state index contributed by atoms with van der Waals surface area (Å²) in [7, 11) is 8.35. The van der Waals surface area contributed by atoms with Gasteiger partial charge < -0.3 is 25.8 Å². The highest BCUT2D eigenvalue weighted by atomic mass is 35.5. The number of aryl methyl sites for hydroxylation is 1. The van der Waals surface area contributed by atoms with Crippen molar-refractivity contribution in [3.63, 3.8) is 0 Å². The molecule has 0 aromatic heterocycles. The van der Waals surface area contributed by atoms with Gasteiger partial charge in [-0.05, 0) is 87.6 Å². The van der Waals surface area contributed by atoms with Gasteiger partial charge in [0.1, 0.15) is 7.85 Å². The van der Waals surface area contributed by atoms with Gasteiger partial charge in [0.2, 0.25) is 0 Å². The summed E-state index contributed by atoms with van der Waals surface area (Å²) >= 11 is 12.4. The summed E-state index contributed by atoms with van der Waals surface area (Å²) in [5.41, 5.74) is 11.2. The van der Waals surface area contributed by atoms with Crippen molar-refractivity contribution in [2.75, 3.05) is 57.4 Å². The van der Waals surface area contributed by atoms with Gasteiger partial charge in [-0.1, -0.05) is 41.3 Å². The van der Waals surface area contributed by atoms with Gasteiger partial charge >= 0.3 is 0 Å². The Balaban J connectivity index is 1.31. The SMILES string of the molecule is [B]c1cccc([C@]23CCC(N(CCCN4CCN(C)CC4)C(=S)Nc4cc(Cl)c(C)cc4N)C2C3)c1. The van der Waals surface area contributed by atoms with E-state index in [1.54, 1.807) is 0 Å². The van der Waals surface area contributed by atoms with Crippen LogP contribution in [0.2, 0.25) is 5.02 Å². The highest BCUT2D eigenvalue weighted by Crippen LogP contribution is 2.65. The fraction of sp³-hybridized carbons (Fsp3) is 0.536. The lowest BCUT2D eigenvalue weighted by molar-refractivity contribution is 0.147. The van der Waals surface area contributed by atoms with Crippen LogP contribution in [-0.2, 0) is 5.41 Å². The molecule has 2 saturated carbocycles. The van der Waals surface area contributed by atoms with E-state index in [-0.39, 0.29) is 5.41 Å². The molecule has 2 unspecified atom stereocenters. The fourth-order valence-electron chi connectivity index (χ4n) is 6.38. The quantitative estimate of drug-likeness (QED) is 0.328. The zero-order valence-electron chi connectivity index (χ0n) is 21.5. The number of nitrogens with zero attached hydrogens (tertiary/aromatic N) is 3. The molecule has 3 aliphatic rings. The summed E-state index contributed by atoms with van der Waals surface area (Å²) < 4.78 is 0. The number of fused-ring (bicyclic) bond motifs is 1. The number of nitrogens with two attached hydrogens (primary N) is 1. The second-order valence-electron chi connectivity index (χ2n) is 11.0. The van der Waals surface area contributed by atoms with E-state index in [2.05, 4.69) is 45.3 Å². The van der Waals surface area contributed by atoms with Crippen molar-refractivity contribution < 1.29 is 0 Å². The van der Waals surface area contributed by atoms with Gasteiger partial charge in [-0.2, -0.15) is 0 Å². The summed E-state index contributed by atoms with van der Waals surface area (Å²) in [6.45, 7) is 8.57. The van der Waals surface area contributed by atoms with Crippen LogP contribution in [0.1, 0.15) is 36.8 Å². The molecule has 2 aromatic carbocycles. The topological polar surface area (TPSA) is 47.8 Å². The Morgan fingerprint density at radius 2 is 2.03 bits per heavy atom. The van der Waals surface area contributed by atoms with E-state index in [4.69, 9.17) is 37.4 Å². The first-order valence-electron chi connectivity index (χ1n) is 13.2. The predicted octanol–water partition coefficient (Wildman–Crippen LogP) is 3.78. The van der Waals surface area contributed by atoms with E-state index in [0.29, 0.717) is 22.7 Å². The first-order valence-corrected chi connectivity index (χ1v) is 14.0. The molecule has 8 heteroatoms. The van der Waals surface area contributed by atoms with E-state index in [1.807, 2.05) is 25.1 Å². The van der Waals surface area contributed by atoms with Gasteiger partial charge in [0.25, 0.3) is 0 Å². The largest absolute Gasteiger partial charge is 0.397 e. The molecule has 0 amide bonds. The Labute approximate surface area is 227 Å². The minimum atomic E-state index is 0.248. The molecule has 190 valence electrons. The molecule has 3 atom stereocenters. The third-order valence-electron chi connectivity index (χ3n) is 8.65. The monoisotopic (exact) mass is 521 g/mol. The van der Waals surface area contributed by atoms with Gasteiger partial charge in [0.05, 0.1) is 11.4 Å². The lowest BCUT2D eigenvalue weighted by atomic mass is 9.87. The van der Waals surface area contributed by atoms with Crippen LogP contribution in [0, 0.1) is 12.8 Å². The van der Waals surface area contributed by atoms with E-state index >= 15 is 0 Å². The van der Waals surface area contributed by atoms with E-state index in [0.717, 1.165) is 73.9 Å². The second-order valence-corrected chi connectivity index (χ2v) is 11.8. The molecule has 5 rings (SSSR count). The average Bonchev–Trinajstić information content (AvgIpc) is 3.48. The molecule has 1 saturated heterocycles. The van der Waals surface area contributed by atoms with Crippen LogP contribution in [0.5, 0.6) is 0 Å². The van der Waals surface area contributed by atoms with Crippen LogP contribution in [0.25, 0.3) is 0 Å². The third kappa shape index (κ3) is 5.26. The fourth-order valence-corrected chi connectivity index (χ4v) is 6.88. The van der Waals surface area contributed by atoms with Gasteiger partial charge in [0.15, 0.2) is 5.11 Å². The normalized spacial score (nSPS) is 26.0. The maximum Gasteiger partial charge on any atom is 0.173 e. The molecule has 5 nitrogen and oxygen atoms in total. The summed E-state index contributed by atoms with van der Waals surface area (Å²) in [6, 6.07) is 12.7. The van der Waals surface area contributed by atoms with E-state index in [9.17, 15) is 0 Å². The lowest BCUT2D eigenvalue weighted by Crippen LogP contribution is -2.47. The average molecular weight is 522 g/mol. The minimum Gasteiger partial charge on any atom is -0.397 e.